The molecule has 0 spiro atoms. The first kappa shape index (κ1) is 15.7. The van der Waals surface area contributed by atoms with Crippen LogP contribution < -0.4 is 5.32 Å². The number of carbonyl (C=O) groups excluding carboxylic acids is 2. The number of hydrogen-bond donors (Lipinski definition) is 1. The third kappa shape index (κ3) is 2.57. The van der Waals surface area contributed by atoms with E-state index >= 15 is 0 Å². The van der Waals surface area contributed by atoms with E-state index in [9.17, 15) is 9.59 Å². The Hall–Kier alpha value is -0.710. The summed E-state index contributed by atoms with van der Waals surface area (Å²) >= 11 is 1.74. The second-order valence-corrected chi connectivity index (χ2v) is 7.03. The average molecular weight is 298 g/mol. The zero-order chi connectivity index (χ0) is 14.9. The maximum absolute atomic E-state index is 13.0. The van der Waals surface area contributed by atoms with E-state index in [1.54, 1.807) is 11.8 Å². The van der Waals surface area contributed by atoms with Gasteiger partial charge >= 0.3 is 0 Å². The van der Waals surface area contributed by atoms with Crippen molar-refractivity contribution in [1.29, 1.82) is 0 Å². The van der Waals surface area contributed by atoms with Crippen LogP contribution in [0.4, 0.5) is 0 Å². The molecule has 2 fully saturated rings. The van der Waals surface area contributed by atoms with E-state index < -0.39 is 5.54 Å². The van der Waals surface area contributed by atoms with Crippen molar-refractivity contribution < 1.29 is 9.59 Å². The summed E-state index contributed by atoms with van der Waals surface area (Å²) in [5.41, 5.74) is -0.672. The summed E-state index contributed by atoms with van der Waals surface area (Å²) in [6.45, 7) is 5.99. The largest absolute Gasteiger partial charge is 0.340 e. The van der Waals surface area contributed by atoms with Crippen LogP contribution >= 0.6 is 11.8 Å². The number of rotatable bonds is 6. The lowest BCUT2D eigenvalue weighted by atomic mass is 9.87. The van der Waals surface area contributed by atoms with Crippen LogP contribution in [0.3, 0.4) is 0 Å². The van der Waals surface area contributed by atoms with Gasteiger partial charge in [0, 0.05) is 11.8 Å². The van der Waals surface area contributed by atoms with Crippen LogP contribution in [-0.4, -0.2) is 46.3 Å². The first-order chi connectivity index (χ1) is 9.49. The molecule has 0 aromatic carbocycles. The van der Waals surface area contributed by atoms with Crippen molar-refractivity contribution in [3.63, 3.8) is 0 Å². The minimum absolute atomic E-state index is 0.0288. The zero-order valence-corrected chi connectivity index (χ0v) is 13.8. The zero-order valence-electron chi connectivity index (χ0n) is 12.9. The summed E-state index contributed by atoms with van der Waals surface area (Å²) in [6.07, 6.45) is 5.73. The van der Waals surface area contributed by atoms with Crippen LogP contribution in [0.5, 0.6) is 0 Å². The molecule has 1 saturated heterocycles. The van der Waals surface area contributed by atoms with Gasteiger partial charge in [0.1, 0.15) is 11.6 Å². The summed E-state index contributed by atoms with van der Waals surface area (Å²) in [5.74, 6) is 1.38. The molecule has 0 radical (unpaired) electrons. The predicted octanol–water partition coefficient (Wildman–Crippen LogP) is 2.03. The van der Waals surface area contributed by atoms with Crippen molar-refractivity contribution in [1.82, 2.24) is 10.2 Å². The van der Waals surface area contributed by atoms with E-state index in [1.165, 1.54) is 0 Å². The Morgan fingerprint density at radius 3 is 2.50 bits per heavy atom. The van der Waals surface area contributed by atoms with Gasteiger partial charge < -0.3 is 10.2 Å². The molecule has 3 unspecified atom stereocenters. The lowest BCUT2D eigenvalue weighted by molar-refractivity contribution is -0.158. The lowest BCUT2D eigenvalue weighted by Gasteiger charge is -2.47. The maximum Gasteiger partial charge on any atom is 0.249 e. The molecule has 2 rings (SSSR count). The molecule has 1 aliphatic heterocycles. The molecule has 1 N–H and O–H groups in total. The number of amides is 2. The van der Waals surface area contributed by atoms with Crippen LogP contribution in [-0.2, 0) is 9.59 Å². The Labute approximate surface area is 126 Å². The van der Waals surface area contributed by atoms with Gasteiger partial charge in [-0.2, -0.15) is 11.8 Å². The van der Waals surface area contributed by atoms with Gasteiger partial charge in [-0.25, -0.2) is 0 Å². The standard InChI is InChI=1S/C15H26N2O2S/c1-5-11(9-20-4)17-12(6-2)13(18)16-15(3,14(17)19)10-7-8-10/h10-12H,5-9H2,1-4H3,(H,16,18). The second-order valence-electron chi connectivity index (χ2n) is 6.12. The first-order valence-corrected chi connectivity index (χ1v) is 9.02. The van der Waals surface area contributed by atoms with E-state index in [1.807, 2.05) is 18.7 Å². The number of thioether (sulfide) groups is 1. The number of nitrogens with one attached hydrogen (secondary N) is 1. The van der Waals surface area contributed by atoms with Gasteiger partial charge in [-0.05, 0) is 44.8 Å². The van der Waals surface area contributed by atoms with Gasteiger partial charge in [-0.15, -0.1) is 0 Å². The summed E-state index contributed by atoms with van der Waals surface area (Å²) in [4.78, 5) is 27.4. The Morgan fingerprint density at radius 2 is 2.05 bits per heavy atom. The van der Waals surface area contributed by atoms with Gasteiger partial charge in [0.2, 0.25) is 11.8 Å². The molecule has 2 aliphatic rings. The first-order valence-electron chi connectivity index (χ1n) is 7.63. The maximum atomic E-state index is 13.0. The van der Waals surface area contributed by atoms with E-state index in [0.717, 1.165) is 25.0 Å². The number of hydrogen-bond acceptors (Lipinski definition) is 3. The molecule has 4 nitrogen and oxygen atoms in total. The molecular formula is C15H26N2O2S. The molecule has 0 bridgehead atoms. The molecule has 0 aromatic heterocycles. The van der Waals surface area contributed by atoms with Gasteiger partial charge in [-0.3, -0.25) is 9.59 Å². The minimum atomic E-state index is -0.672. The number of nitrogens with zero attached hydrogens (tertiary/aromatic N) is 1. The average Bonchev–Trinajstić information content (AvgIpc) is 3.25. The van der Waals surface area contributed by atoms with Crippen molar-refractivity contribution in [2.45, 2.75) is 64.1 Å². The molecular weight excluding hydrogens is 272 g/mol. The van der Waals surface area contributed by atoms with Gasteiger partial charge in [0.25, 0.3) is 0 Å². The highest BCUT2D eigenvalue weighted by Crippen LogP contribution is 2.43. The Morgan fingerprint density at radius 1 is 1.40 bits per heavy atom. The van der Waals surface area contributed by atoms with Crippen LogP contribution in [0.1, 0.15) is 46.5 Å². The summed E-state index contributed by atoms with van der Waals surface area (Å²) in [6, 6.07) is -0.141. The topological polar surface area (TPSA) is 49.4 Å². The van der Waals surface area contributed by atoms with Crippen molar-refractivity contribution in [3.8, 4) is 0 Å². The fourth-order valence-electron chi connectivity index (χ4n) is 3.26. The predicted molar refractivity (Wildman–Crippen MR) is 82.7 cm³/mol. The summed E-state index contributed by atoms with van der Waals surface area (Å²) in [5, 5.41) is 3.02. The third-order valence-electron chi connectivity index (χ3n) is 4.70. The van der Waals surface area contributed by atoms with Crippen LogP contribution in [0.25, 0.3) is 0 Å². The van der Waals surface area contributed by atoms with Gasteiger partial charge in [0.15, 0.2) is 0 Å². The van der Waals surface area contributed by atoms with Gasteiger partial charge in [-0.1, -0.05) is 13.8 Å². The molecule has 5 heteroatoms. The molecule has 3 atom stereocenters. The fourth-order valence-corrected chi connectivity index (χ4v) is 4.04. The summed E-state index contributed by atoms with van der Waals surface area (Å²) in [7, 11) is 0. The highest BCUT2D eigenvalue weighted by atomic mass is 32.2. The van der Waals surface area contributed by atoms with Gasteiger partial charge in [0.05, 0.1) is 0 Å². The van der Waals surface area contributed by atoms with Crippen molar-refractivity contribution in [2.24, 2.45) is 5.92 Å². The monoisotopic (exact) mass is 298 g/mol. The lowest BCUT2D eigenvalue weighted by Crippen LogP contribution is -2.72. The van der Waals surface area contributed by atoms with Crippen molar-refractivity contribution >= 4 is 23.6 Å². The van der Waals surface area contributed by atoms with Crippen molar-refractivity contribution in [2.75, 3.05) is 12.0 Å². The van der Waals surface area contributed by atoms with E-state index in [2.05, 4.69) is 18.5 Å². The molecule has 1 heterocycles. The fraction of sp³-hybridized carbons (Fsp3) is 0.867. The molecule has 2 amide bonds. The SMILES string of the molecule is CCC(CSC)N1C(=O)C(C)(C2CC2)NC(=O)C1CC. The molecule has 114 valence electrons. The number of carbonyl (C=O) groups is 2. The van der Waals surface area contributed by atoms with E-state index in [4.69, 9.17) is 0 Å². The van der Waals surface area contributed by atoms with E-state index in [-0.39, 0.29) is 23.9 Å². The normalized spacial score (nSPS) is 32.2. The molecule has 20 heavy (non-hydrogen) atoms. The van der Waals surface area contributed by atoms with Crippen LogP contribution in [0.15, 0.2) is 0 Å². The van der Waals surface area contributed by atoms with E-state index in [0.29, 0.717) is 12.3 Å². The second kappa shape index (κ2) is 5.96. The Balaban J connectivity index is 2.31. The summed E-state index contributed by atoms with van der Waals surface area (Å²) < 4.78 is 0. The highest BCUT2D eigenvalue weighted by Gasteiger charge is 2.55. The van der Waals surface area contributed by atoms with Crippen LogP contribution in [0.2, 0.25) is 0 Å². The molecule has 0 aromatic rings. The Kier molecular flexibility index (Phi) is 4.67. The third-order valence-corrected chi connectivity index (χ3v) is 5.42. The van der Waals surface area contributed by atoms with Crippen LogP contribution in [0, 0.1) is 5.92 Å². The number of piperazine rings is 1. The Bertz CT molecular complexity index is 397. The smallest absolute Gasteiger partial charge is 0.249 e. The highest BCUT2D eigenvalue weighted by molar-refractivity contribution is 7.98. The quantitative estimate of drug-likeness (QED) is 0.816. The minimum Gasteiger partial charge on any atom is -0.340 e. The molecule has 1 aliphatic carbocycles. The molecule has 1 saturated carbocycles. The van der Waals surface area contributed by atoms with Crippen molar-refractivity contribution in [3.05, 3.63) is 0 Å².